The van der Waals surface area contributed by atoms with E-state index in [0.29, 0.717) is 0 Å². The molecule has 2 aliphatic heterocycles. The van der Waals surface area contributed by atoms with Gasteiger partial charge in [-0.3, -0.25) is 4.90 Å². The van der Waals surface area contributed by atoms with Crippen molar-refractivity contribution >= 4 is 24.2 Å². The van der Waals surface area contributed by atoms with Gasteiger partial charge >= 0.3 is 0 Å². The Hall–Kier alpha value is -1.11. The van der Waals surface area contributed by atoms with Crippen LogP contribution in [0.3, 0.4) is 0 Å². The third-order valence-electron chi connectivity index (χ3n) is 4.70. The van der Waals surface area contributed by atoms with Crippen LogP contribution in [-0.4, -0.2) is 74.8 Å². The molecule has 1 aromatic rings. The SMILES string of the molecule is CN(C)c1nccc(N2CCN(CC3CCNCC3)CC2)n1.Cl. The Labute approximate surface area is 145 Å². The maximum atomic E-state index is 4.65. The molecule has 0 spiro atoms. The zero-order valence-corrected chi connectivity index (χ0v) is 15.1. The van der Waals surface area contributed by atoms with Gasteiger partial charge in [-0.25, -0.2) is 4.98 Å². The molecule has 0 atom stereocenters. The first kappa shape index (κ1) is 18.2. The van der Waals surface area contributed by atoms with E-state index in [1.54, 1.807) is 0 Å². The first-order valence-corrected chi connectivity index (χ1v) is 8.41. The van der Waals surface area contributed by atoms with Crippen LogP contribution in [0.1, 0.15) is 12.8 Å². The molecular weight excluding hydrogens is 312 g/mol. The standard InChI is InChI=1S/C16H28N6.ClH/c1-20(2)16-18-8-5-15(19-16)22-11-9-21(10-12-22)13-14-3-6-17-7-4-14;/h5,8,14,17H,3-4,6-7,9-13H2,1-2H3;1H. The molecule has 2 saturated heterocycles. The van der Waals surface area contributed by atoms with E-state index in [2.05, 4.69) is 25.1 Å². The summed E-state index contributed by atoms with van der Waals surface area (Å²) < 4.78 is 0. The Morgan fingerprint density at radius 1 is 1.17 bits per heavy atom. The number of nitrogens with one attached hydrogen (secondary N) is 1. The number of rotatable bonds is 4. The number of aromatic nitrogens is 2. The minimum Gasteiger partial charge on any atom is -0.354 e. The minimum absolute atomic E-state index is 0. The first-order valence-electron chi connectivity index (χ1n) is 8.41. The third-order valence-corrected chi connectivity index (χ3v) is 4.70. The summed E-state index contributed by atoms with van der Waals surface area (Å²) in [6.45, 7) is 8.07. The van der Waals surface area contributed by atoms with E-state index in [1.807, 2.05) is 31.3 Å². The number of piperidine rings is 1. The summed E-state index contributed by atoms with van der Waals surface area (Å²) in [5.74, 6) is 2.72. The van der Waals surface area contributed by atoms with Gasteiger partial charge in [-0.15, -0.1) is 12.4 Å². The van der Waals surface area contributed by atoms with Crippen LogP contribution >= 0.6 is 12.4 Å². The lowest BCUT2D eigenvalue weighted by molar-refractivity contribution is 0.196. The lowest BCUT2D eigenvalue weighted by Crippen LogP contribution is -2.49. The quantitative estimate of drug-likeness (QED) is 0.885. The lowest BCUT2D eigenvalue weighted by Gasteiger charge is -2.37. The Morgan fingerprint density at radius 2 is 1.87 bits per heavy atom. The summed E-state index contributed by atoms with van der Waals surface area (Å²) >= 11 is 0. The van der Waals surface area contributed by atoms with Crippen molar-refractivity contribution in [3.8, 4) is 0 Å². The molecule has 2 aliphatic rings. The fourth-order valence-corrected chi connectivity index (χ4v) is 3.32. The summed E-state index contributed by atoms with van der Waals surface area (Å²) in [7, 11) is 3.96. The molecule has 0 amide bonds. The number of nitrogens with zero attached hydrogens (tertiary/aromatic N) is 5. The summed E-state index contributed by atoms with van der Waals surface area (Å²) in [5.41, 5.74) is 0. The summed E-state index contributed by atoms with van der Waals surface area (Å²) in [6, 6.07) is 2.02. The number of anilines is 2. The number of hydrogen-bond donors (Lipinski definition) is 1. The van der Waals surface area contributed by atoms with E-state index < -0.39 is 0 Å². The van der Waals surface area contributed by atoms with Crippen LogP contribution < -0.4 is 15.1 Å². The van der Waals surface area contributed by atoms with Gasteiger partial charge in [0, 0.05) is 53.0 Å². The maximum absolute atomic E-state index is 4.65. The second kappa shape index (κ2) is 8.66. The van der Waals surface area contributed by atoms with Crippen molar-refractivity contribution in [3.63, 3.8) is 0 Å². The van der Waals surface area contributed by atoms with Gasteiger partial charge < -0.3 is 15.1 Å². The molecule has 23 heavy (non-hydrogen) atoms. The fraction of sp³-hybridized carbons (Fsp3) is 0.750. The van der Waals surface area contributed by atoms with E-state index in [9.17, 15) is 0 Å². The molecule has 3 rings (SSSR count). The van der Waals surface area contributed by atoms with Crippen LogP contribution in [-0.2, 0) is 0 Å². The van der Waals surface area contributed by atoms with E-state index >= 15 is 0 Å². The number of halogens is 1. The molecule has 0 bridgehead atoms. The average Bonchev–Trinajstić information content (AvgIpc) is 2.56. The zero-order chi connectivity index (χ0) is 15.4. The predicted octanol–water partition coefficient (Wildman–Crippen LogP) is 1.09. The van der Waals surface area contributed by atoms with Crippen LogP contribution in [0.5, 0.6) is 0 Å². The molecule has 0 aromatic carbocycles. The van der Waals surface area contributed by atoms with Crippen LogP contribution in [0, 0.1) is 5.92 Å². The average molecular weight is 341 g/mol. The maximum Gasteiger partial charge on any atom is 0.226 e. The van der Waals surface area contributed by atoms with Crippen molar-refractivity contribution in [1.82, 2.24) is 20.2 Å². The van der Waals surface area contributed by atoms with Gasteiger partial charge in [0.1, 0.15) is 5.82 Å². The first-order chi connectivity index (χ1) is 10.7. The minimum atomic E-state index is 0. The van der Waals surface area contributed by atoms with Crippen LogP contribution in [0.2, 0.25) is 0 Å². The van der Waals surface area contributed by atoms with Crippen molar-refractivity contribution in [2.24, 2.45) is 5.92 Å². The third kappa shape index (κ3) is 4.93. The molecule has 1 aromatic heterocycles. The second-order valence-corrected chi connectivity index (χ2v) is 6.59. The summed E-state index contributed by atoms with van der Waals surface area (Å²) in [5, 5.41) is 3.45. The summed E-state index contributed by atoms with van der Waals surface area (Å²) in [4.78, 5) is 15.9. The normalized spacial score (nSPS) is 20.2. The molecular formula is C16H29ClN6. The molecule has 0 unspecified atom stereocenters. The largest absolute Gasteiger partial charge is 0.354 e. The summed E-state index contributed by atoms with van der Waals surface area (Å²) in [6.07, 6.45) is 4.52. The highest BCUT2D eigenvalue weighted by Crippen LogP contribution is 2.18. The highest BCUT2D eigenvalue weighted by molar-refractivity contribution is 5.85. The molecule has 1 N–H and O–H groups in total. The highest BCUT2D eigenvalue weighted by Gasteiger charge is 2.22. The molecule has 0 radical (unpaired) electrons. The van der Waals surface area contributed by atoms with Gasteiger partial charge in [0.25, 0.3) is 0 Å². The molecule has 0 aliphatic carbocycles. The second-order valence-electron chi connectivity index (χ2n) is 6.59. The van der Waals surface area contributed by atoms with Gasteiger partial charge in [0.2, 0.25) is 5.95 Å². The van der Waals surface area contributed by atoms with E-state index in [-0.39, 0.29) is 12.4 Å². The van der Waals surface area contributed by atoms with Gasteiger partial charge in [-0.2, -0.15) is 4.98 Å². The fourth-order valence-electron chi connectivity index (χ4n) is 3.32. The molecule has 2 fully saturated rings. The van der Waals surface area contributed by atoms with Gasteiger partial charge in [-0.1, -0.05) is 0 Å². The Balaban J connectivity index is 0.00000192. The Bertz CT molecular complexity index is 469. The molecule has 3 heterocycles. The zero-order valence-electron chi connectivity index (χ0n) is 14.2. The van der Waals surface area contributed by atoms with Crippen LogP contribution in [0.25, 0.3) is 0 Å². The van der Waals surface area contributed by atoms with Crippen molar-refractivity contribution < 1.29 is 0 Å². The Morgan fingerprint density at radius 3 is 2.52 bits per heavy atom. The number of piperazine rings is 1. The topological polar surface area (TPSA) is 47.5 Å². The van der Waals surface area contributed by atoms with E-state index in [1.165, 1.54) is 32.5 Å². The number of hydrogen-bond acceptors (Lipinski definition) is 6. The van der Waals surface area contributed by atoms with Crippen molar-refractivity contribution in [3.05, 3.63) is 12.3 Å². The van der Waals surface area contributed by atoms with Gasteiger partial charge in [0.15, 0.2) is 0 Å². The van der Waals surface area contributed by atoms with Crippen LogP contribution in [0.4, 0.5) is 11.8 Å². The Kier molecular flexibility index (Phi) is 6.87. The molecule has 6 nitrogen and oxygen atoms in total. The molecule has 130 valence electrons. The smallest absolute Gasteiger partial charge is 0.226 e. The van der Waals surface area contributed by atoms with Gasteiger partial charge in [-0.05, 0) is 37.9 Å². The van der Waals surface area contributed by atoms with Crippen LogP contribution in [0.15, 0.2) is 12.3 Å². The van der Waals surface area contributed by atoms with Crippen molar-refractivity contribution in [2.75, 3.05) is 69.7 Å². The van der Waals surface area contributed by atoms with Gasteiger partial charge in [0.05, 0.1) is 0 Å². The molecule has 7 heteroatoms. The highest BCUT2D eigenvalue weighted by atomic mass is 35.5. The van der Waals surface area contributed by atoms with Crippen molar-refractivity contribution in [2.45, 2.75) is 12.8 Å². The van der Waals surface area contributed by atoms with Crippen molar-refractivity contribution in [1.29, 1.82) is 0 Å². The monoisotopic (exact) mass is 340 g/mol. The molecule has 0 saturated carbocycles. The predicted molar refractivity (Wildman–Crippen MR) is 97.9 cm³/mol. The lowest BCUT2D eigenvalue weighted by atomic mass is 9.97. The van der Waals surface area contributed by atoms with E-state index in [4.69, 9.17) is 0 Å². The van der Waals surface area contributed by atoms with E-state index in [0.717, 1.165) is 43.9 Å².